The lowest BCUT2D eigenvalue weighted by atomic mass is 9.98. The van der Waals surface area contributed by atoms with Crippen molar-refractivity contribution >= 4 is 29.1 Å². The van der Waals surface area contributed by atoms with Gasteiger partial charge in [-0.15, -0.1) is 11.3 Å². The number of benzene rings is 1. The number of ketones is 1. The molecule has 2 aromatic rings. The molecule has 0 amide bonds. The van der Waals surface area contributed by atoms with Crippen LogP contribution in [-0.2, 0) is 19.0 Å². The van der Waals surface area contributed by atoms with E-state index >= 15 is 0 Å². The number of carbonyl (C=O) groups excluding carboxylic acids is 3. The summed E-state index contributed by atoms with van der Waals surface area (Å²) < 4.78 is 17.0. The summed E-state index contributed by atoms with van der Waals surface area (Å²) in [6.45, 7) is 6.67. The first-order chi connectivity index (χ1) is 31.1. The number of aliphatic hydroxyl groups excluding tert-OH is 7. The highest BCUT2D eigenvalue weighted by molar-refractivity contribution is 7.15. The lowest BCUT2D eigenvalue weighted by Gasteiger charge is -2.14. The number of carbonyl (C=O) groups is 3. The van der Waals surface area contributed by atoms with Gasteiger partial charge < -0.3 is 50.0 Å². The van der Waals surface area contributed by atoms with E-state index in [4.69, 9.17) is 29.5 Å². The van der Waals surface area contributed by atoms with E-state index in [9.17, 15) is 44.9 Å². The van der Waals surface area contributed by atoms with Crippen LogP contribution in [0.25, 0.3) is 10.4 Å². The predicted octanol–water partition coefficient (Wildman–Crippen LogP) is 6.35. The number of hydrogen-bond acceptors (Lipinski definition) is 16. The average Bonchev–Trinajstić information content (AvgIpc) is 3.80. The van der Waals surface area contributed by atoms with Crippen molar-refractivity contribution in [2.45, 2.75) is 140 Å². The van der Waals surface area contributed by atoms with Crippen molar-refractivity contribution in [1.82, 2.24) is 0 Å². The molecule has 364 valence electrons. The van der Waals surface area contributed by atoms with Crippen LogP contribution in [0, 0.1) is 10.1 Å². The molecule has 5 unspecified atom stereocenters. The zero-order chi connectivity index (χ0) is 48.1. The fourth-order valence-corrected chi connectivity index (χ4v) is 7.63. The van der Waals surface area contributed by atoms with Gasteiger partial charge in [-0.25, -0.2) is 9.59 Å². The van der Waals surface area contributed by atoms with E-state index in [0.717, 1.165) is 16.2 Å². The summed E-state index contributed by atoms with van der Waals surface area (Å²) >= 11 is 1.44. The van der Waals surface area contributed by atoms with Gasteiger partial charge in [0, 0.05) is 50.1 Å². The van der Waals surface area contributed by atoms with Gasteiger partial charge in [0.2, 0.25) is 6.04 Å². The molecule has 16 nitrogen and oxygen atoms in total. The van der Waals surface area contributed by atoms with E-state index in [0.29, 0.717) is 112 Å². The standard InChI is InChI=1S/C48H71NO15S/c1-33(24-36(35(3)62-21-11-5-7-16-42(55)31-52)25-34(2)47(58)63-22-13-10-17-43(56)32-53)45-19-20-46(65-45)38-26-37(44(57)18-8-4-6-15-41(54)30-51)27-39(28-38)48(59)64-23-12-9-14-40(29-50)49(60)61/h19-20,24-28,33,40-43,50-56H,3-18,21-23,29-32H2,1-2H3/b34-25+,36-24+. The molecule has 0 fully saturated rings. The number of aliphatic hydroxyl groups is 7. The number of unbranched alkanes of at least 4 members (excludes halogenated alkanes) is 6. The fourth-order valence-electron chi connectivity index (χ4n) is 6.62. The number of esters is 2. The summed E-state index contributed by atoms with van der Waals surface area (Å²) in [6.07, 6.45) is 8.56. The number of Topliss-reactive ketones (excluding diaryl/α,β-unsaturated/α-hetero) is 1. The highest BCUT2D eigenvalue weighted by Crippen LogP contribution is 2.35. The number of nitro groups is 1. The summed E-state index contributed by atoms with van der Waals surface area (Å²) in [6, 6.07) is 7.61. The maximum atomic E-state index is 13.5. The van der Waals surface area contributed by atoms with Gasteiger partial charge in [-0.2, -0.15) is 0 Å². The summed E-state index contributed by atoms with van der Waals surface area (Å²) in [5.41, 5.74) is 1.95. The van der Waals surface area contributed by atoms with E-state index in [1.807, 2.05) is 25.1 Å². The van der Waals surface area contributed by atoms with E-state index in [1.54, 1.807) is 25.1 Å². The molecule has 0 aliphatic carbocycles. The number of nitrogens with zero attached hydrogens (tertiary/aromatic N) is 1. The molecular weight excluding hydrogens is 863 g/mol. The van der Waals surface area contributed by atoms with Crippen LogP contribution >= 0.6 is 11.3 Å². The molecule has 0 saturated heterocycles. The van der Waals surface area contributed by atoms with Gasteiger partial charge in [0.1, 0.15) is 12.4 Å². The maximum Gasteiger partial charge on any atom is 0.338 e. The van der Waals surface area contributed by atoms with Crippen molar-refractivity contribution in [3.8, 4) is 10.4 Å². The molecule has 1 aromatic carbocycles. The zero-order valence-corrected chi connectivity index (χ0v) is 38.8. The molecule has 0 aliphatic rings. The molecule has 0 aliphatic heterocycles. The summed E-state index contributed by atoms with van der Waals surface area (Å²) in [5, 5.41) is 76.3. The van der Waals surface area contributed by atoms with Crippen LogP contribution in [0.4, 0.5) is 0 Å². The lowest BCUT2D eigenvalue weighted by Crippen LogP contribution is -2.23. The van der Waals surface area contributed by atoms with E-state index in [1.165, 1.54) is 17.4 Å². The smallest absolute Gasteiger partial charge is 0.338 e. The minimum atomic E-state index is -1.09. The minimum absolute atomic E-state index is 0.0108. The normalized spacial score (nSPS) is 14.3. The first-order valence-electron chi connectivity index (χ1n) is 22.6. The molecule has 2 rings (SSSR count). The Kier molecular flexibility index (Phi) is 28.3. The largest absolute Gasteiger partial charge is 0.494 e. The van der Waals surface area contributed by atoms with Crippen LogP contribution in [0.3, 0.4) is 0 Å². The fraction of sp³-hybridized carbons (Fsp3) is 0.604. The third-order valence-corrected chi connectivity index (χ3v) is 12.0. The van der Waals surface area contributed by atoms with Gasteiger partial charge in [0.25, 0.3) is 0 Å². The van der Waals surface area contributed by atoms with Crippen molar-refractivity contribution in [3.63, 3.8) is 0 Å². The summed E-state index contributed by atoms with van der Waals surface area (Å²) in [7, 11) is 0. The topological polar surface area (TPSA) is 264 Å². The molecule has 0 bridgehead atoms. The Bertz CT molecular complexity index is 1820. The van der Waals surface area contributed by atoms with E-state index in [2.05, 4.69) is 6.58 Å². The molecule has 0 spiro atoms. The van der Waals surface area contributed by atoms with Crippen molar-refractivity contribution < 1.29 is 69.3 Å². The maximum absolute atomic E-state index is 13.5. The second-order valence-corrected chi connectivity index (χ2v) is 17.4. The Hall–Kier alpha value is -4.33. The molecule has 0 saturated carbocycles. The summed E-state index contributed by atoms with van der Waals surface area (Å²) in [5.74, 6) is -1.28. The van der Waals surface area contributed by atoms with Crippen LogP contribution in [-0.4, -0.2) is 129 Å². The molecule has 0 radical (unpaired) electrons. The monoisotopic (exact) mass is 933 g/mol. The van der Waals surface area contributed by atoms with Gasteiger partial charge in [-0.05, 0) is 113 Å². The number of ether oxygens (including phenoxy) is 3. The van der Waals surface area contributed by atoms with Crippen molar-refractivity contribution in [3.05, 3.63) is 92.1 Å². The highest BCUT2D eigenvalue weighted by Gasteiger charge is 2.20. The van der Waals surface area contributed by atoms with E-state index < -0.39 is 47.8 Å². The molecule has 5 atom stereocenters. The van der Waals surface area contributed by atoms with Crippen molar-refractivity contribution in [2.75, 3.05) is 46.2 Å². The van der Waals surface area contributed by atoms with Gasteiger partial charge in [-0.3, -0.25) is 14.9 Å². The first kappa shape index (κ1) is 56.8. The molecule has 1 heterocycles. The van der Waals surface area contributed by atoms with Crippen LogP contribution in [0.15, 0.2) is 66.0 Å². The van der Waals surface area contributed by atoms with Crippen LogP contribution in [0.1, 0.15) is 142 Å². The molecule has 65 heavy (non-hydrogen) atoms. The van der Waals surface area contributed by atoms with Crippen LogP contribution < -0.4 is 0 Å². The number of rotatable bonds is 36. The van der Waals surface area contributed by atoms with Gasteiger partial charge >= 0.3 is 11.9 Å². The Morgan fingerprint density at radius 3 is 1.86 bits per heavy atom. The SMILES string of the molecule is C=C(OCCCCCC(O)CO)C(/C=C(\C)C(=O)OCCCCC(O)CO)=C/C(C)c1ccc(-c2cc(C(=O)CCCCCC(O)CO)cc(C(=O)OCCCCC(CO)[N+](=O)[O-])c2)s1. The number of thiophene rings is 1. The predicted molar refractivity (Wildman–Crippen MR) is 247 cm³/mol. The molecule has 17 heteroatoms. The Morgan fingerprint density at radius 2 is 1.26 bits per heavy atom. The second-order valence-electron chi connectivity index (χ2n) is 16.3. The number of allylic oxidation sites excluding steroid dienone is 2. The minimum Gasteiger partial charge on any atom is -0.494 e. The van der Waals surface area contributed by atoms with E-state index in [-0.39, 0.29) is 63.1 Å². The Morgan fingerprint density at radius 1 is 0.723 bits per heavy atom. The zero-order valence-electron chi connectivity index (χ0n) is 37.9. The molecule has 7 N–H and O–H groups in total. The quantitative estimate of drug-likeness (QED) is 0.00574. The van der Waals surface area contributed by atoms with Gasteiger partial charge in [0.05, 0.1) is 63.5 Å². The number of hydrogen-bond donors (Lipinski definition) is 7. The van der Waals surface area contributed by atoms with Gasteiger partial charge in [0.15, 0.2) is 5.78 Å². The first-order valence-corrected chi connectivity index (χ1v) is 23.4. The second kappa shape index (κ2) is 32.4. The average molecular weight is 934 g/mol. The van der Waals surface area contributed by atoms with Gasteiger partial charge in [-0.1, -0.05) is 38.8 Å². The van der Waals surface area contributed by atoms with Crippen LogP contribution in [0.2, 0.25) is 0 Å². The van der Waals surface area contributed by atoms with Crippen LogP contribution in [0.5, 0.6) is 0 Å². The van der Waals surface area contributed by atoms with Crippen molar-refractivity contribution in [1.29, 1.82) is 0 Å². The molecular formula is C48H71NO15S. The third-order valence-electron chi connectivity index (χ3n) is 10.7. The van der Waals surface area contributed by atoms with Crippen molar-refractivity contribution in [2.24, 2.45) is 0 Å². The summed E-state index contributed by atoms with van der Waals surface area (Å²) in [4.78, 5) is 52.0. The molecule has 1 aromatic heterocycles. The third kappa shape index (κ3) is 22.6. The lowest BCUT2D eigenvalue weighted by molar-refractivity contribution is -0.526. The Balaban J connectivity index is 2.36. The highest BCUT2D eigenvalue weighted by atomic mass is 32.1. The Labute approximate surface area is 386 Å².